The second kappa shape index (κ2) is 4.74. The molecule has 0 aliphatic rings. The highest BCUT2D eigenvalue weighted by molar-refractivity contribution is 5.82. The van der Waals surface area contributed by atoms with Gasteiger partial charge in [-0.05, 0) is 5.92 Å². The number of hydrogen-bond donors (Lipinski definition) is 2. The van der Waals surface area contributed by atoms with E-state index in [9.17, 15) is 9.59 Å². The Kier molecular flexibility index (Phi) is 4.33. The summed E-state index contributed by atoms with van der Waals surface area (Å²) in [6, 6.07) is -0.757. The first-order valence-corrected chi connectivity index (χ1v) is 3.99. The molecule has 0 rings (SSSR count). The van der Waals surface area contributed by atoms with E-state index in [0.717, 1.165) is 6.42 Å². The summed E-state index contributed by atoms with van der Waals surface area (Å²) in [6.45, 7) is 5.01. The number of aliphatic carboxylic acids is 1. The van der Waals surface area contributed by atoms with Gasteiger partial charge < -0.3 is 10.4 Å². The molecule has 0 aliphatic carbocycles. The smallest absolute Gasteiger partial charge is 0.326 e. The van der Waals surface area contributed by atoms with Gasteiger partial charge in [-0.3, -0.25) is 4.79 Å². The molecule has 0 spiro atoms. The van der Waals surface area contributed by atoms with Gasteiger partial charge in [-0.2, -0.15) is 0 Å². The summed E-state index contributed by atoms with van der Waals surface area (Å²) in [5, 5.41) is 11.1. The number of hydrogen-bond acceptors (Lipinski definition) is 2. The molecule has 4 heteroatoms. The van der Waals surface area contributed by atoms with Crippen molar-refractivity contribution < 1.29 is 14.7 Å². The summed E-state index contributed by atoms with van der Waals surface area (Å²) in [6.07, 6.45) is 0.733. The molecular formula is C8H15NO3. The van der Waals surface area contributed by atoms with E-state index in [1.54, 1.807) is 6.92 Å². The minimum absolute atomic E-state index is 0.0357. The summed E-state index contributed by atoms with van der Waals surface area (Å²) < 4.78 is 0. The Balaban J connectivity index is 4.22. The van der Waals surface area contributed by atoms with Crippen LogP contribution in [0.5, 0.6) is 0 Å². The van der Waals surface area contributed by atoms with E-state index in [2.05, 4.69) is 5.32 Å². The summed E-state index contributed by atoms with van der Waals surface area (Å²) in [7, 11) is 0. The molecule has 12 heavy (non-hydrogen) atoms. The number of nitrogens with one attached hydrogen (secondary N) is 1. The van der Waals surface area contributed by atoms with Gasteiger partial charge in [0.2, 0.25) is 5.91 Å². The van der Waals surface area contributed by atoms with Crippen molar-refractivity contribution >= 4 is 11.9 Å². The molecule has 0 aromatic heterocycles. The summed E-state index contributed by atoms with van der Waals surface area (Å²) in [5.74, 6) is -1.31. The summed E-state index contributed by atoms with van der Waals surface area (Å²) >= 11 is 0. The zero-order chi connectivity index (χ0) is 9.72. The zero-order valence-corrected chi connectivity index (χ0v) is 7.63. The van der Waals surface area contributed by atoms with E-state index < -0.39 is 12.0 Å². The third-order valence-corrected chi connectivity index (χ3v) is 1.84. The van der Waals surface area contributed by atoms with Crippen LogP contribution < -0.4 is 5.32 Å². The molecule has 0 radical (unpaired) electrons. The van der Waals surface area contributed by atoms with Crippen molar-refractivity contribution in [2.45, 2.75) is 33.2 Å². The molecular weight excluding hydrogens is 158 g/mol. The Labute approximate surface area is 72.0 Å². The van der Waals surface area contributed by atoms with E-state index in [1.807, 2.05) is 6.92 Å². The highest BCUT2D eigenvalue weighted by atomic mass is 16.4. The predicted octanol–water partition coefficient (Wildman–Crippen LogP) is 0.622. The van der Waals surface area contributed by atoms with Gasteiger partial charge in [0.05, 0.1) is 0 Å². The molecule has 0 fully saturated rings. The minimum Gasteiger partial charge on any atom is -0.480 e. The molecule has 2 N–H and O–H groups in total. The number of rotatable bonds is 4. The lowest BCUT2D eigenvalue weighted by Crippen LogP contribution is -2.43. The monoisotopic (exact) mass is 173 g/mol. The van der Waals surface area contributed by atoms with Gasteiger partial charge in [-0.1, -0.05) is 20.3 Å². The fourth-order valence-corrected chi connectivity index (χ4v) is 0.902. The summed E-state index contributed by atoms with van der Waals surface area (Å²) in [4.78, 5) is 21.2. The maximum atomic E-state index is 10.6. The third-order valence-electron chi connectivity index (χ3n) is 1.84. The van der Waals surface area contributed by atoms with Crippen LogP contribution in [0.1, 0.15) is 27.2 Å². The van der Waals surface area contributed by atoms with Gasteiger partial charge in [-0.25, -0.2) is 4.79 Å². The minimum atomic E-state index is -0.973. The van der Waals surface area contributed by atoms with Crippen LogP contribution in [0.4, 0.5) is 0 Å². The first-order chi connectivity index (χ1) is 5.49. The largest absolute Gasteiger partial charge is 0.480 e. The van der Waals surface area contributed by atoms with Crippen LogP contribution >= 0.6 is 0 Å². The fraction of sp³-hybridized carbons (Fsp3) is 0.750. The molecule has 0 saturated heterocycles. The van der Waals surface area contributed by atoms with Gasteiger partial charge in [0.15, 0.2) is 0 Å². The second-order valence-electron chi connectivity index (χ2n) is 2.90. The van der Waals surface area contributed by atoms with E-state index >= 15 is 0 Å². The molecule has 0 aromatic rings. The van der Waals surface area contributed by atoms with Crippen LogP contribution in [0.2, 0.25) is 0 Å². The van der Waals surface area contributed by atoms with E-state index in [4.69, 9.17) is 5.11 Å². The maximum absolute atomic E-state index is 10.6. The van der Waals surface area contributed by atoms with E-state index in [1.165, 1.54) is 6.92 Å². The number of carboxylic acids is 1. The average molecular weight is 173 g/mol. The van der Waals surface area contributed by atoms with Gasteiger partial charge in [0, 0.05) is 6.92 Å². The van der Waals surface area contributed by atoms with Gasteiger partial charge in [-0.15, -0.1) is 0 Å². The second-order valence-corrected chi connectivity index (χ2v) is 2.90. The van der Waals surface area contributed by atoms with Crippen molar-refractivity contribution in [2.24, 2.45) is 5.92 Å². The number of carboxylic acid groups (broad SMARTS) is 1. The molecule has 2 atom stereocenters. The molecule has 0 saturated carbocycles. The Hall–Kier alpha value is -1.06. The SMILES string of the molecule is CCC(C)[C@@H](NC(C)=O)C(=O)O. The van der Waals surface area contributed by atoms with E-state index in [-0.39, 0.29) is 11.8 Å². The van der Waals surface area contributed by atoms with Gasteiger partial charge >= 0.3 is 5.97 Å². The van der Waals surface area contributed by atoms with Crippen LogP contribution in [0.15, 0.2) is 0 Å². The molecule has 1 unspecified atom stereocenters. The van der Waals surface area contributed by atoms with Gasteiger partial charge in [0.25, 0.3) is 0 Å². The molecule has 0 aromatic carbocycles. The number of carbonyl (C=O) groups excluding carboxylic acids is 1. The lowest BCUT2D eigenvalue weighted by atomic mass is 9.99. The normalized spacial score (nSPS) is 14.9. The topological polar surface area (TPSA) is 66.4 Å². The highest BCUT2D eigenvalue weighted by Crippen LogP contribution is 2.07. The van der Waals surface area contributed by atoms with Crippen LogP contribution in [-0.2, 0) is 9.59 Å². The first-order valence-electron chi connectivity index (χ1n) is 3.99. The third kappa shape index (κ3) is 3.37. The average Bonchev–Trinajstić information content (AvgIpc) is 1.98. The molecule has 4 nitrogen and oxygen atoms in total. The van der Waals surface area contributed by atoms with Crippen LogP contribution in [0.25, 0.3) is 0 Å². The molecule has 0 heterocycles. The van der Waals surface area contributed by atoms with Crippen molar-refractivity contribution in [3.8, 4) is 0 Å². The summed E-state index contributed by atoms with van der Waals surface area (Å²) in [5.41, 5.74) is 0. The molecule has 1 amide bonds. The van der Waals surface area contributed by atoms with Crippen molar-refractivity contribution in [3.63, 3.8) is 0 Å². The number of carbonyl (C=O) groups is 2. The highest BCUT2D eigenvalue weighted by Gasteiger charge is 2.23. The Morgan fingerprint density at radius 1 is 1.50 bits per heavy atom. The molecule has 70 valence electrons. The van der Waals surface area contributed by atoms with Crippen molar-refractivity contribution in [2.75, 3.05) is 0 Å². The van der Waals surface area contributed by atoms with Crippen molar-refractivity contribution in [1.29, 1.82) is 0 Å². The van der Waals surface area contributed by atoms with E-state index in [0.29, 0.717) is 0 Å². The van der Waals surface area contributed by atoms with Crippen LogP contribution in [0, 0.1) is 5.92 Å². The zero-order valence-electron chi connectivity index (χ0n) is 7.63. The Bertz CT molecular complexity index is 179. The Morgan fingerprint density at radius 2 is 2.00 bits per heavy atom. The predicted molar refractivity (Wildman–Crippen MR) is 44.7 cm³/mol. The lowest BCUT2D eigenvalue weighted by molar-refractivity contribution is -0.143. The first kappa shape index (κ1) is 10.9. The molecule has 0 bridgehead atoms. The van der Waals surface area contributed by atoms with Crippen LogP contribution in [0.3, 0.4) is 0 Å². The quantitative estimate of drug-likeness (QED) is 0.655. The van der Waals surface area contributed by atoms with Crippen molar-refractivity contribution in [1.82, 2.24) is 5.32 Å². The molecule has 0 aliphatic heterocycles. The van der Waals surface area contributed by atoms with Crippen molar-refractivity contribution in [3.05, 3.63) is 0 Å². The van der Waals surface area contributed by atoms with Gasteiger partial charge in [0.1, 0.15) is 6.04 Å². The lowest BCUT2D eigenvalue weighted by Gasteiger charge is -2.18. The standard InChI is InChI=1S/C8H15NO3/c1-4-5(2)7(8(11)12)9-6(3)10/h5,7H,4H2,1-3H3,(H,9,10)(H,11,12)/t5?,7-/m1/s1. The van der Waals surface area contributed by atoms with Crippen LogP contribution in [-0.4, -0.2) is 23.0 Å². The maximum Gasteiger partial charge on any atom is 0.326 e. The number of amides is 1. The Morgan fingerprint density at radius 3 is 2.25 bits per heavy atom. The fourth-order valence-electron chi connectivity index (χ4n) is 0.902.